The van der Waals surface area contributed by atoms with Crippen LogP contribution in [-0.2, 0) is 25.5 Å². The van der Waals surface area contributed by atoms with Gasteiger partial charge in [0, 0.05) is 17.1 Å². The van der Waals surface area contributed by atoms with Gasteiger partial charge in [-0.15, -0.1) is 0 Å². The van der Waals surface area contributed by atoms with E-state index in [-0.39, 0.29) is 40.6 Å². The Kier molecular flexibility index (Phi) is 6.12. The largest absolute Gasteiger partial charge is 0.496 e. The first kappa shape index (κ1) is 25.4. The van der Waals surface area contributed by atoms with Crippen LogP contribution in [0.4, 0.5) is 4.39 Å². The van der Waals surface area contributed by atoms with Crippen molar-refractivity contribution in [2.45, 2.75) is 30.3 Å². The van der Waals surface area contributed by atoms with Crippen molar-refractivity contribution in [3.63, 3.8) is 0 Å². The van der Waals surface area contributed by atoms with Gasteiger partial charge in [-0.3, -0.25) is 0 Å². The highest BCUT2D eigenvalue weighted by Crippen LogP contribution is 2.42. The number of fused-ring (bicyclic) bond motifs is 1. The first-order valence-electron chi connectivity index (χ1n) is 11.6. The van der Waals surface area contributed by atoms with Crippen molar-refractivity contribution in [1.29, 1.82) is 0 Å². The topological polar surface area (TPSA) is 116 Å². The molecule has 37 heavy (non-hydrogen) atoms. The monoisotopic (exact) mass is 544 g/mol. The Labute approximate surface area is 214 Å². The first-order valence-corrected chi connectivity index (χ1v) is 14.8. The standard InChI is InChI=1S/C26H25FN2O6S2/c1-17-3-6-19(7-4-17)37(33,34)29-24(26(30)10-13-36(31,32)14-11-26)16-22-20(9-12-28-25(22)29)21-15-18(27)5-8-23(21)35-2/h3-9,12,15-16,30H,10-11,13-14H2,1-2H3. The molecule has 5 rings (SSSR count). The highest BCUT2D eigenvalue weighted by Gasteiger charge is 2.42. The van der Waals surface area contributed by atoms with Crippen LogP contribution in [0.5, 0.6) is 5.75 Å². The first-order chi connectivity index (χ1) is 17.4. The highest BCUT2D eigenvalue weighted by atomic mass is 32.2. The molecule has 3 heterocycles. The van der Waals surface area contributed by atoms with Gasteiger partial charge in [0.25, 0.3) is 10.0 Å². The summed E-state index contributed by atoms with van der Waals surface area (Å²) in [5, 5.41) is 12.0. The SMILES string of the molecule is COc1ccc(F)cc1-c1ccnc2c1cc(C1(O)CCS(=O)(=O)CC1)n2S(=O)(=O)c1ccc(C)cc1. The minimum absolute atomic E-state index is 0.00768. The molecular weight excluding hydrogens is 519 g/mol. The zero-order chi connectivity index (χ0) is 26.6. The van der Waals surface area contributed by atoms with Crippen molar-refractivity contribution >= 4 is 30.9 Å². The van der Waals surface area contributed by atoms with Gasteiger partial charge in [-0.2, -0.15) is 0 Å². The third kappa shape index (κ3) is 4.41. The van der Waals surface area contributed by atoms with E-state index < -0.39 is 31.3 Å². The number of benzene rings is 2. The van der Waals surface area contributed by atoms with E-state index in [2.05, 4.69) is 4.98 Å². The number of hydrogen-bond donors (Lipinski definition) is 1. The molecular formula is C26H25FN2O6S2. The number of nitrogens with zero attached hydrogens (tertiary/aromatic N) is 2. The van der Waals surface area contributed by atoms with E-state index in [1.54, 1.807) is 18.2 Å². The molecule has 0 spiro atoms. The molecule has 0 aliphatic carbocycles. The summed E-state index contributed by atoms with van der Waals surface area (Å²) in [7, 11) is -6.18. The zero-order valence-corrected chi connectivity index (χ0v) is 21.8. The van der Waals surface area contributed by atoms with Crippen LogP contribution < -0.4 is 4.74 Å². The highest BCUT2D eigenvalue weighted by molar-refractivity contribution is 7.91. The lowest BCUT2D eigenvalue weighted by atomic mass is 9.92. The van der Waals surface area contributed by atoms with Crippen LogP contribution in [0.25, 0.3) is 22.2 Å². The molecule has 0 atom stereocenters. The molecule has 1 aliphatic rings. The molecule has 1 fully saturated rings. The number of aliphatic hydroxyl groups is 1. The van der Waals surface area contributed by atoms with Crippen molar-refractivity contribution < 1.29 is 31.1 Å². The van der Waals surface area contributed by atoms with Crippen LogP contribution in [0, 0.1) is 12.7 Å². The Morgan fingerprint density at radius 2 is 1.70 bits per heavy atom. The van der Waals surface area contributed by atoms with E-state index in [0.717, 1.165) is 9.54 Å². The fourth-order valence-corrected chi connectivity index (χ4v) is 7.76. The molecule has 0 bridgehead atoms. The van der Waals surface area contributed by atoms with E-state index in [4.69, 9.17) is 4.74 Å². The van der Waals surface area contributed by atoms with Gasteiger partial charge in [0.2, 0.25) is 0 Å². The fraction of sp³-hybridized carbons (Fsp3) is 0.269. The number of sulfone groups is 1. The molecule has 1 saturated heterocycles. The minimum Gasteiger partial charge on any atom is -0.496 e. The fourth-order valence-electron chi connectivity index (χ4n) is 4.72. The molecule has 11 heteroatoms. The van der Waals surface area contributed by atoms with Crippen molar-refractivity contribution in [1.82, 2.24) is 8.96 Å². The number of hydrogen-bond acceptors (Lipinski definition) is 7. The second-order valence-corrected chi connectivity index (χ2v) is 13.3. The summed E-state index contributed by atoms with van der Waals surface area (Å²) in [6.45, 7) is 1.83. The van der Waals surface area contributed by atoms with Gasteiger partial charge in [0.1, 0.15) is 17.2 Å². The molecule has 0 radical (unpaired) electrons. The molecule has 8 nitrogen and oxygen atoms in total. The second kappa shape index (κ2) is 8.93. The Bertz CT molecular complexity index is 1710. The summed E-state index contributed by atoms with van der Waals surface area (Å²) in [6, 6.07) is 13.4. The number of rotatable bonds is 5. The third-order valence-electron chi connectivity index (χ3n) is 6.80. The van der Waals surface area contributed by atoms with E-state index in [1.807, 2.05) is 6.92 Å². The predicted octanol–water partition coefficient (Wildman–Crippen LogP) is 3.79. The summed E-state index contributed by atoms with van der Waals surface area (Å²) in [5.41, 5.74) is -0.00887. The average molecular weight is 545 g/mol. The maximum Gasteiger partial charge on any atom is 0.269 e. The third-order valence-corrected chi connectivity index (χ3v) is 10.2. The van der Waals surface area contributed by atoms with Crippen molar-refractivity contribution in [3.8, 4) is 16.9 Å². The van der Waals surface area contributed by atoms with E-state index in [0.29, 0.717) is 22.3 Å². The van der Waals surface area contributed by atoms with Crippen LogP contribution >= 0.6 is 0 Å². The molecule has 4 aromatic rings. The van der Waals surface area contributed by atoms with Crippen LogP contribution in [0.15, 0.2) is 65.7 Å². The van der Waals surface area contributed by atoms with Gasteiger partial charge in [0.15, 0.2) is 15.5 Å². The number of halogens is 1. The van der Waals surface area contributed by atoms with E-state index in [1.165, 1.54) is 49.7 Å². The zero-order valence-electron chi connectivity index (χ0n) is 20.2. The van der Waals surface area contributed by atoms with Crippen molar-refractivity contribution in [2.75, 3.05) is 18.6 Å². The van der Waals surface area contributed by atoms with Crippen LogP contribution in [0.2, 0.25) is 0 Å². The average Bonchev–Trinajstić information content (AvgIpc) is 3.28. The summed E-state index contributed by atoms with van der Waals surface area (Å²) in [6.07, 6.45) is 1.06. The van der Waals surface area contributed by atoms with Crippen molar-refractivity contribution in [3.05, 3.63) is 77.9 Å². The van der Waals surface area contributed by atoms with Gasteiger partial charge in [-0.05, 0) is 67.8 Å². The molecule has 2 aromatic carbocycles. The molecule has 2 aromatic heterocycles. The van der Waals surface area contributed by atoms with Gasteiger partial charge in [-0.1, -0.05) is 17.7 Å². The summed E-state index contributed by atoms with van der Waals surface area (Å²) in [5.74, 6) is -0.711. The number of aryl methyl sites for hydroxylation is 1. The Balaban J connectivity index is 1.83. The van der Waals surface area contributed by atoms with Gasteiger partial charge in [-0.25, -0.2) is 30.2 Å². The molecule has 1 N–H and O–H groups in total. The van der Waals surface area contributed by atoms with E-state index in [9.17, 15) is 26.3 Å². The Morgan fingerprint density at radius 1 is 1.03 bits per heavy atom. The lowest BCUT2D eigenvalue weighted by Gasteiger charge is -2.32. The Morgan fingerprint density at radius 3 is 2.35 bits per heavy atom. The smallest absolute Gasteiger partial charge is 0.269 e. The quantitative estimate of drug-likeness (QED) is 0.406. The van der Waals surface area contributed by atoms with E-state index >= 15 is 0 Å². The van der Waals surface area contributed by atoms with Crippen LogP contribution in [0.3, 0.4) is 0 Å². The molecule has 0 unspecified atom stereocenters. The molecule has 0 saturated carbocycles. The predicted molar refractivity (Wildman–Crippen MR) is 137 cm³/mol. The molecule has 1 aliphatic heterocycles. The number of aromatic nitrogens is 2. The minimum atomic E-state index is -4.27. The molecule has 0 amide bonds. The molecule has 194 valence electrons. The Hall–Kier alpha value is -3.28. The summed E-state index contributed by atoms with van der Waals surface area (Å²) < 4.78 is 72.9. The van der Waals surface area contributed by atoms with Crippen LogP contribution in [0.1, 0.15) is 24.1 Å². The lowest BCUT2D eigenvalue weighted by molar-refractivity contribution is 0.0215. The number of pyridine rings is 1. The van der Waals surface area contributed by atoms with Gasteiger partial charge in [0.05, 0.1) is 29.2 Å². The number of ether oxygens (including phenoxy) is 1. The van der Waals surface area contributed by atoms with Crippen molar-refractivity contribution in [2.24, 2.45) is 0 Å². The van der Waals surface area contributed by atoms with Crippen LogP contribution in [-0.4, -0.2) is 49.5 Å². The second-order valence-electron chi connectivity index (χ2n) is 9.24. The van der Waals surface area contributed by atoms with Gasteiger partial charge < -0.3 is 9.84 Å². The van der Waals surface area contributed by atoms with Gasteiger partial charge >= 0.3 is 0 Å². The maximum absolute atomic E-state index is 14.3. The maximum atomic E-state index is 14.3. The number of methoxy groups -OCH3 is 1. The summed E-state index contributed by atoms with van der Waals surface area (Å²) >= 11 is 0. The lowest BCUT2D eigenvalue weighted by Crippen LogP contribution is -2.39. The summed E-state index contributed by atoms with van der Waals surface area (Å²) in [4.78, 5) is 4.34. The normalized spacial score (nSPS) is 17.1.